The van der Waals surface area contributed by atoms with Crippen molar-refractivity contribution < 1.29 is 22.7 Å². The topological polar surface area (TPSA) is 92.8 Å². The first kappa shape index (κ1) is 20.8. The summed E-state index contributed by atoms with van der Waals surface area (Å²) in [5.74, 6) is -0.740. The number of amides is 1. The second-order valence-electron chi connectivity index (χ2n) is 4.95. The zero-order valence-corrected chi connectivity index (χ0v) is 16.1. The van der Waals surface area contributed by atoms with Crippen LogP contribution in [0.15, 0.2) is 23.1 Å². The number of nitrogens with one attached hydrogen (secondary N) is 1. The van der Waals surface area contributed by atoms with E-state index in [1.165, 1.54) is 39.4 Å². The van der Waals surface area contributed by atoms with E-state index in [-0.39, 0.29) is 21.6 Å². The van der Waals surface area contributed by atoms with E-state index in [0.29, 0.717) is 5.69 Å². The summed E-state index contributed by atoms with van der Waals surface area (Å²) in [6, 6.07) is 4.21. The second kappa shape index (κ2) is 8.70. The number of esters is 1. The van der Waals surface area contributed by atoms with E-state index >= 15 is 0 Å². The number of benzene rings is 1. The summed E-state index contributed by atoms with van der Waals surface area (Å²) in [6.07, 6.45) is 0. The quantitative estimate of drug-likeness (QED) is 0.709. The monoisotopic (exact) mass is 394 g/mol. The lowest BCUT2D eigenvalue weighted by Gasteiger charge is -2.15. The van der Waals surface area contributed by atoms with Gasteiger partial charge < -0.3 is 10.1 Å². The summed E-state index contributed by atoms with van der Waals surface area (Å²) in [6.45, 7) is 1.64. The van der Waals surface area contributed by atoms with Crippen LogP contribution in [0.3, 0.4) is 0 Å². The largest absolute Gasteiger partial charge is 0.468 e. The van der Waals surface area contributed by atoms with Crippen molar-refractivity contribution in [2.45, 2.75) is 17.1 Å². The van der Waals surface area contributed by atoms with E-state index in [9.17, 15) is 18.0 Å². The lowest BCUT2D eigenvalue weighted by Crippen LogP contribution is -2.25. The summed E-state index contributed by atoms with van der Waals surface area (Å²) in [7, 11) is 0.327. The Morgan fingerprint density at radius 1 is 1.38 bits per heavy atom. The molecular weight excluding hydrogens is 376 g/mol. The molecule has 0 fully saturated rings. The maximum absolute atomic E-state index is 12.2. The molecular formula is C14H19ClN2O5S2. The average molecular weight is 395 g/mol. The molecule has 0 unspecified atom stereocenters. The van der Waals surface area contributed by atoms with Gasteiger partial charge in [0.15, 0.2) is 0 Å². The number of thioether (sulfide) groups is 1. The zero-order valence-electron chi connectivity index (χ0n) is 13.7. The summed E-state index contributed by atoms with van der Waals surface area (Å²) in [5.41, 5.74) is 0.301. The van der Waals surface area contributed by atoms with Crippen molar-refractivity contribution in [2.24, 2.45) is 0 Å². The Morgan fingerprint density at radius 3 is 2.54 bits per heavy atom. The van der Waals surface area contributed by atoms with Crippen LogP contribution >= 0.6 is 23.4 Å². The molecule has 1 atom stereocenters. The molecule has 1 aromatic carbocycles. The first-order valence-electron chi connectivity index (χ1n) is 6.81. The summed E-state index contributed by atoms with van der Waals surface area (Å²) >= 11 is 7.07. The number of hydrogen-bond donors (Lipinski definition) is 1. The van der Waals surface area contributed by atoms with E-state index in [2.05, 4.69) is 10.1 Å². The van der Waals surface area contributed by atoms with Crippen LogP contribution in [0, 0.1) is 0 Å². The van der Waals surface area contributed by atoms with Gasteiger partial charge >= 0.3 is 5.97 Å². The van der Waals surface area contributed by atoms with Crippen molar-refractivity contribution in [3.8, 4) is 0 Å². The van der Waals surface area contributed by atoms with Gasteiger partial charge in [0.05, 0.1) is 23.1 Å². The number of anilines is 1. The highest BCUT2D eigenvalue weighted by molar-refractivity contribution is 8.01. The van der Waals surface area contributed by atoms with E-state index in [0.717, 1.165) is 16.1 Å². The highest BCUT2D eigenvalue weighted by Crippen LogP contribution is 2.27. The average Bonchev–Trinajstić information content (AvgIpc) is 2.53. The molecule has 0 radical (unpaired) electrons. The number of carbonyl (C=O) groups is 2. The van der Waals surface area contributed by atoms with Crippen molar-refractivity contribution in [1.29, 1.82) is 0 Å². The Morgan fingerprint density at radius 2 is 2.00 bits per heavy atom. The number of halogens is 1. The molecule has 0 aliphatic rings. The van der Waals surface area contributed by atoms with Crippen LogP contribution in [0.25, 0.3) is 0 Å². The number of nitrogens with zero attached hydrogens (tertiary/aromatic N) is 1. The third kappa shape index (κ3) is 5.37. The fourth-order valence-electron chi connectivity index (χ4n) is 1.55. The smallest absolute Gasteiger partial charge is 0.315 e. The lowest BCUT2D eigenvalue weighted by molar-refractivity contribution is -0.137. The van der Waals surface area contributed by atoms with E-state index in [1.54, 1.807) is 6.92 Å². The maximum Gasteiger partial charge on any atom is 0.315 e. The van der Waals surface area contributed by atoms with Gasteiger partial charge in [0.1, 0.15) is 4.90 Å². The van der Waals surface area contributed by atoms with Gasteiger partial charge in [0.2, 0.25) is 15.9 Å². The van der Waals surface area contributed by atoms with Crippen LogP contribution < -0.4 is 5.32 Å². The number of sulfonamides is 1. The minimum Gasteiger partial charge on any atom is -0.468 e. The molecule has 0 saturated carbocycles. The normalized spacial score (nSPS) is 12.8. The van der Waals surface area contributed by atoms with Gasteiger partial charge in [-0.15, -0.1) is 11.8 Å². The summed E-state index contributed by atoms with van der Waals surface area (Å²) < 4.78 is 30.0. The van der Waals surface area contributed by atoms with Crippen LogP contribution in [0.5, 0.6) is 0 Å². The first-order valence-corrected chi connectivity index (χ1v) is 9.67. The predicted octanol–water partition coefficient (Wildman–Crippen LogP) is 1.82. The molecule has 0 spiro atoms. The predicted molar refractivity (Wildman–Crippen MR) is 94.9 cm³/mol. The Bertz CT molecular complexity index is 722. The van der Waals surface area contributed by atoms with Crippen LogP contribution in [0.1, 0.15) is 6.92 Å². The zero-order chi connectivity index (χ0) is 18.5. The molecule has 0 aliphatic carbocycles. The molecule has 0 aliphatic heterocycles. The molecule has 0 saturated heterocycles. The molecule has 10 heteroatoms. The van der Waals surface area contributed by atoms with Crippen LogP contribution in [-0.4, -0.2) is 56.8 Å². The van der Waals surface area contributed by atoms with Crippen LogP contribution in [0.2, 0.25) is 5.02 Å². The fraction of sp³-hybridized carbons (Fsp3) is 0.429. The number of hydrogen-bond acceptors (Lipinski definition) is 6. The van der Waals surface area contributed by atoms with Gasteiger partial charge in [-0.1, -0.05) is 11.6 Å². The van der Waals surface area contributed by atoms with E-state index in [1.807, 2.05) is 0 Å². The third-order valence-electron chi connectivity index (χ3n) is 3.01. The molecule has 1 N–H and O–H groups in total. The van der Waals surface area contributed by atoms with Crippen molar-refractivity contribution in [1.82, 2.24) is 4.31 Å². The Hall–Kier alpha value is -1.29. The SMILES string of the molecule is COC(=O)CS[C@@H](C)C(=O)Nc1ccc(Cl)c(S(=O)(=O)N(C)C)c1. The maximum atomic E-state index is 12.2. The summed E-state index contributed by atoms with van der Waals surface area (Å²) in [4.78, 5) is 23.1. The molecule has 24 heavy (non-hydrogen) atoms. The van der Waals surface area contributed by atoms with Gasteiger partial charge in [0.25, 0.3) is 0 Å². The summed E-state index contributed by atoms with van der Waals surface area (Å²) in [5, 5.41) is 2.15. The minimum absolute atomic E-state index is 0.0476. The standard InChI is InChI=1S/C14H19ClN2O5S2/c1-9(23-8-13(18)22-4)14(19)16-10-5-6-11(15)12(7-10)24(20,21)17(2)3/h5-7,9H,8H2,1-4H3,(H,16,19)/t9-/m0/s1. The Kier molecular flexibility index (Phi) is 7.53. The highest BCUT2D eigenvalue weighted by Gasteiger charge is 2.22. The van der Waals surface area contributed by atoms with E-state index < -0.39 is 21.2 Å². The molecule has 0 bridgehead atoms. The molecule has 134 valence electrons. The van der Waals surface area contributed by atoms with Crippen molar-refractivity contribution in [3.63, 3.8) is 0 Å². The van der Waals surface area contributed by atoms with Crippen LogP contribution in [0.4, 0.5) is 5.69 Å². The van der Waals surface area contributed by atoms with Gasteiger partial charge in [-0.05, 0) is 25.1 Å². The third-order valence-corrected chi connectivity index (χ3v) is 6.42. The molecule has 7 nitrogen and oxygen atoms in total. The molecule has 0 aromatic heterocycles. The molecule has 0 heterocycles. The van der Waals surface area contributed by atoms with E-state index in [4.69, 9.17) is 11.6 Å². The van der Waals surface area contributed by atoms with Gasteiger partial charge in [-0.25, -0.2) is 12.7 Å². The number of rotatable bonds is 7. The van der Waals surface area contributed by atoms with Gasteiger partial charge in [-0.3, -0.25) is 9.59 Å². The van der Waals surface area contributed by atoms with Gasteiger partial charge in [-0.2, -0.15) is 0 Å². The molecule has 1 amide bonds. The number of carbonyl (C=O) groups excluding carboxylic acids is 2. The van der Waals surface area contributed by atoms with Crippen molar-refractivity contribution in [2.75, 3.05) is 32.3 Å². The molecule has 1 aromatic rings. The number of ether oxygens (including phenoxy) is 1. The molecule has 1 rings (SSSR count). The number of methoxy groups -OCH3 is 1. The van der Waals surface area contributed by atoms with Gasteiger partial charge in [0, 0.05) is 19.8 Å². The Labute approximate surface area is 150 Å². The fourth-order valence-corrected chi connectivity index (χ4v) is 3.66. The van der Waals surface area contributed by atoms with Crippen LogP contribution in [-0.2, 0) is 24.3 Å². The Balaban J connectivity index is 2.89. The van der Waals surface area contributed by atoms with Crippen molar-refractivity contribution >= 4 is 50.9 Å². The second-order valence-corrected chi connectivity index (χ2v) is 8.81. The lowest BCUT2D eigenvalue weighted by atomic mass is 10.3. The first-order chi connectivity index (χ1) is 11.1. The highest BCUT2D eigenvalue weighted by atomic mass is 35.5. The minimum atomic E-state index is -3.73. The van der Waals surface area contributed by atoms with Crippen molar-refractivity contribution in [3.05, 3.63) is 23.2 Å².